The summed E-state index contributed by atoms with van der Waals surface area (Å²) in [6.07, 6.45) is 3.97. The van der Waals surface area contributed by atoms with Crippen molar-refractivity contribution in [2.24, 2.45) is 23.0 Å². The van der Waals surface area contributed by atoms with Crippen LogP contribution in [0.25, 0.3) is 0 Å². The van der Waals surface area contributed by atoms with Gasteiger partial charge >= 0.3 is 0 Å². The van der Waals surface area contributed by atoms with Crippen LogP contribution in [0.1, 0.15) is 71.2 Å². The van der Waals surface area contributed by atoms with Crippen LogP contribution in [-0.4, -0.2) is 35.7 Å². The number of hydrogen-bond donors (Lipinski definition) is 2. The first-order chi connectivity index (χ1) is 15.6. The second kappa shape index (κ2) is 9.29. The molecule has 0 radical (unpaired) electrons. The number of benzene rings is 1. The first-order valence-corrected chi connectivity index (χ1v) is 12.6. The third-order valence-corrected chi connectivity index (χ3v) is 8.32. The summed E-state index contributed by atoms with van der Waals surface area (Å²) in [7, 11) is 0. The molecule has 176 valence electrons. The average molecular weight is 468 g/mol. The van der Waals surface area contributed by atoms with E-state index in [0.717, 1.165) is 24.8 Å². The number of fused-ring (bicyclic) bond motifs is 1. The van der Waals surface area contributed by atoms with Crippen molar-refractivity contribution in [2.75, 3.05) is 18.4 Å². The standard InChI is InChI=1S/C26H33N3O3S/c1-26(2,3)18-9-10-19-20(15-18)33-24(28-23(31)17-7-5-4-6-8-17)21(19)25(32)29-13-11-16(12-14-29)22(27)30/h4-8,16,18H,9-15H2,1-3H3,(H2,27,30)(H,28,31)/t18-/m1/s1. The molecule has 1 aliphatic carbocycles. The molecule has 33 heavy (non-hydrogen) atoms. The quantitative estimate of drug-likeness (QED) is 0.694. The molecule has 2 aromatic rings. The molecule has 7 heteroatoms. The Balaban J connectivity index is 1.64. The van der Waals surface area contributed by atoms with Crippen LogP contribution in [0, 0.1) is 17.3 Å². The molecule has 1 saturated heterocycles. The molecular formula is C26H33N3O3S. The average Bonchev–Trinajstić information content (AvgIpc) is 3.15. The third kappa shape index (κ3) is 4.98. The highest BCUT2D eigenvalue weighted by atomic mass is 32.1. The lowest BCUT2D eigenvalue weighted by atomic mass is 9.72. The van der Waals surface area contributed by atoms with Crippen LogP contribution in [0.5, 0.6) is 0 Å². The molecule has 1 aliphatic heterocycles. The number of rotatable bonds is 4. The third-order valence-electron chi connectivity index (χ3n) is 7.15. The minimum Gasteiger partial charge on any atom is -0.369 e. The van der Waals surface area contributed by atoms with Gasteiger partial charge in [0.2, 0.25) is 5.91 Å². The first-order valence-electron chi connectivity index (χ1n) is 11.7. The van der Waals surface area contributed by atoms with Crippen LogP contribution in [0.2, 0.25) is 0 Å². The molecule has 1 fully saturated rings. The van der Waals surface area contributed by atoms with E-state index in [1.807, 2.05) is 23.1 Å². The van der Waals surface area contributed by atoms with Gasteiger partial charge in [0.15, 0.2) is 0 Å². The fourth-order valence-corrected chi connectivity index (χ4v) is 6.24. The Morgan fingerprint density at radius 3 is 2.33 bits per heavy atom. The molecule has 2 heterocycles. The molecule has 0 saturated carbocycles. The van der Waals surface area contributed by atoms with Crippen LogP contribution >= 0.6 is 11.3 Å². The van der Waals surface area contributed by atoms with E-state index in [4.69, 9.17) is 5.73 Å². The maximum atomic E-state index is 13.7. The highest BCUT2D eigenvalue weighted by molar-refractivity contribution is 7.17. The highest BCUT2D eigenvalue weighted by Crippen LogP contribution is 2.45. The Morgan fingerprint density at radius 1 is 1.06 bits per heavy atom. The minimum atomic E-state index is -0.293. The number of likely N-dealkylation sites (tertiary alicyclic amines) is 1. The van der Waals surface area contributed by atoms with Crippen LogP contribution < -0.4 is 11.1 Å². The Hall–Kier alpha value is -2.67. The maximum absolute atomic E-state index is 13.7. The molecule has 4 rings (SSSR count). The number of carbonyl (C=O) groups excluding carboxylic acids is 3. The Kier molecular flexibility index (Phi) is 6.61. The number of carbonyl (C=O) groups is 3. The van der Waals surface area contributed by atoms with E-state index in [-0.39, 0.29) is 29.1 Å². The number of anilines is 1. The van der Waals surface area contributed by atoms with Crippen molar-refractivity contribution in [1.29, 1.82) is 0 Å². The van der Waals surface area contributed by atoms with E-state index in [1.165, 1.54) is 4.88 Å². The van der Waals surface area contributed by atoms with E-state index in [1.54, 1.807) is 23.5 Å². The summed E-state index contributed by atoms with van der Waals surface area (Å²) >= 11 is 1.55. The lowest BCUT2D eigenvalue weighted by Crippen LogP contribution is -2.42. The molecule has 2 aliphatic rings. The zero-order chi connectivity index (χ0) is 23.8. The summed E-state index contributed by atoms with van der Waals surface area (Å²) < 4.78 is 0. The Labute approximate surface area is 199 Å². The first kappa shape index (κ1) is 23.5. The number of amides is 3. The molecule has 0 spiro atoms. The van der Waals surface area contributed by atoms with E-state index in [9.17, 15) is 14.4 Å². The highest BCUT2D eigenvalue weighted by Gasteiger charge is 2.36. The minimum absolute atomic E-state index is 0.0482. The zero-order valence-corrected chi connectivity index (χ0v) is 20.5. The smallest absolute Gasteiger partial charge is 0.257 e. The Morgan fingerprint density at radius 2 is 1.73 bits per heavy atom. The van der Waals surface area contributed by atoms with Gasteiger partial charge in [-0.25, -0.2) is 0 Å². The number of piperidine rings is 1. The number of nitrogens with one attached hydrogen (secondary N) is 1. The lowest BCUT2D eigenvalue weighted by molar-refractivity contribution is -0.123. The van der Waals surface area contributed by atoms with E-state index >= 15 is 0 Å². The largest absolute Gasteiger partial charge is 0.369 e. The molecule has 1 aromatic heterocycles. The number of hydrogen-bond acceptors (Lipinski definition) is 4. The summed E-state index contributed by atoms with van der Waals surface area (Å²) in [5, 5.41) is 3.69. The lowest BCUT2D eigenvalue weighted by Gasteiger charge is -2.34. The summed E-state index contributed by atoms with van der Waals surface area (Å²) in [4.78, 5) is 41.2. The summed E-state index contributed by atoms with van der Waals surface area (Å²) in [6, 6.07) is 9.08. The van der Waals surface area contributed by atoms with Crippen molar-refractivity contribution in [3.63, 3.8) is 0 Å². The topological polar surface area (TPSA) is 92.5 Å². The summed E-state index contributed by atoms with van der Waals surface area (Å²) in [6.45, 7) is 7.82. The van der Waals surface area contributed by atoms with E-state index < -0.39 is 0 Å². The van der Waals surface area contributed by atoms with Crippen molar-refractivity contribution in [3.05, 3.63) is 51.9 Å². The van der Waals surface area contributed by atoms with Gasteiger partial charge in [0.25, 0.3) is 11.8 Å². The van der Waals surface area contributed by atoms with Crippen LogP contribution in [0.15, 0.2) is 30.3 Å². The second-order valence-corrected chi connectivity index (χ2v) is 11.4. The van der Waals surface area contributed by atoms with Crippen LogP contribution in [0.3, 0.4) is 0 Å². The molecule has 0 unspecified atom stereocenters. The van der Waals surface area contributed by atoms with Gasteiger partial charge in [0.1, 0.15) is 5.00 Å². The van der Waals surface area contributed by atoms with Gasteiger partial charge in [-0.1, -0.05) is 39.0 Å². The molecule has 1 atom stereocenters. The van der Waals surface area contributed by atoms with Gasteiger partial charge in [-0.3, -0.25) is 14.4 Å². The number of nitrogens with zero attached hydrogens (tertiary/aromatic N) is 1. The zero-order valence-electron chi connectivity index (χ0n) is 19.6. The van der Waals surface area contributed by atoms with Gasteiger partial charge < -0.3 is 16.0 Å². The molecule has 0 bridgehead atoms. The summed E-state index contributed by atoms with van der Waals surface area (Å²) in [5.74, 6) is -0.180. The fourth-order valence-electron chi connectivity index (χ4n) is 4.93. The fraction of sp³-hybridized carbons (Fsp3) is 0.500. The van der Waals surface area contributed by atoms with Crippen molar-refractivity contribution in [1.82, 2.24) is 4.90 Å². The van der Waals surface area contributed by atoms with Gasteiger partial charge in [-0.2, -0.15) is 0 Å². The second-order valence-electron chi connectivity index (χ2n) is 10.3. The van der Waals surface area contributed by atoms with Gasteiger partial charge in [-0.05, 0) is 61.1 Å². The predicted octanol–water partition coefficient (Wildman–Crippen LogP) is 4.49. The maximum Gasteiger partial charge on any atom is 0.257 e. The SMILES string of the molecule is CC(C)(C)[C@@H]1CCc2c(sc(NC(=O)c3ccccc3)c2C(=O)N2CCC(C(N)=O)CC2)C1. The van der Waals surface area contributed by atoms with E-state index in [2.05, 4.69) is 26.1 Å². The number of nitrogens with two attached hydrogens (primary N) is 1. The predicted molar refractivity (Wildman–Crippen MR) is 132 cm³/mol. The summed E-state index contributed by atoms with van der Waals surface area (Å²) in [5.41, 5.74) is 7.96. The number of thiophene rings is 1. The van der Waals surface area contributed by atoms with Gasteiger partial charge in [0, 0.05) is 29.4 Å². The monoisotopic (exact) mass is 467 g/mol. The van der Waals surface area contributed by atoms with Crippen molar-refractivity contribution in [2.45, 2.75) is 52.9 Å². The van der Waals surface area contributed by atoms with Gasteiger partial charge in [0.05, 0.1) is 5.56 Å². The number of primary amides is 1. The molecule has 1 aromatic carbocycles. The van der Waals surface area contributed by atoms with Crippen molar-refractivity contribution < 1.29 is 14.4 Å². The Bertz CT molecular complexity index is 1050. The van der Waals surface area contributed by atoms with Crippen molar-refractivity contribution >= 4 is 34.1 Å². The van der Waals surface area contributed by atoms with Crippen LogP contribution in [-0.2, 0) is 17.6 Å². The normalized spacial score (nSPS) is 19.1. The van der Waals surface area contributed by atoms with Gasteiger partial charge in [-0.15, -0.1) is 11.3 Å². The van der Waals surface area contributed by atoms with Crippen molar-refractivity contribution in [3.8, 4) is 0 Å². The van der Waals surface area contributed by atoms with E-state index in [0.29, 0.717) is 48.0 Å². The van der Waals surface area contributed by atoms with Crippen LogP contribution in [0.4, 0.5) is 5.00 Å². The molecule has 6 nitrogen and oxygen atoms in total. The molecular weight excluding hydrogens is 434 g/mol. The molecule has 3 amide bonds. The molecule has 3 N–H and O–H groups in total.